The number of nitrogens with one attached hydrogen (secondary N) is 1. The highest BCUT2D eigenvalue weighted by molar-refractivity contribution is 9.10. The summed E-state index contributed by atoms with van der Waals surface area (Å²) < 4.78 is 6.82. The number of H-pyrrole nitrogens is 1. The summed E-state index contributed by atoms with van der Waals surface area (Å²) in [6.07, 6.45) is 1.66. The maximum Gasteiger partial charge on any atom is 0.341 e. The number of hydrogen-bond acceptors (Lipinski definition) is 5. The average Bonchev–Trinajstić information content (AvgIpc) is 3.40. The van der Waals surface area contributed by atoms with Gasteiger partial charge in [-0.05, 0) is 49.2 Å². The molecular weight excluding hydrogens is 478 g/mol. The first-order valence-corrected chi connectivity index (χ1v) is 11.3. The first-order valence-electron chi connectivity index (χ1n) is 10.5. The molecule has 1 aliphatic heterocycles. The molecule has 0 bridgehead atoms. The summed E-state index contributed by atoms with van der Waals surface area (Å²) in [7, 11) is 0. The minimum absolute atomic E-state index is 0.201. The van der Waals surface area contributed by atoms with Crippen molar-refractivity contribution in [1.82, 2.24) is 15.0 Å². The fourth-order valence-electron chi connectivity index (χ4n) is 4.02. The number of aryl methyl sites for hydroxylation is 2. The zero-order valence-corrected chi connectivity index (χ0v) is 19.5. The molecule has 7 heteroatoms. The lowest BCUT2D eigenvalue weighted by Gasteiger charge is -2.08. The van der Waals surface area contributed by atoms with Crippen molar-refractivity contribution in [3.05, 3.63) is 82.5 Å². The smallest absolute Gasteiger partial charge is 0.341 e. The number of oxazole rings is 1. The summed E-state index contributed by atoms with van der Waals surface area (Å²) >= 11 is 3.44. The Labute approximate surface area is 197 Å². The van der Waals surface area contributed by atoms with Gasteiger partial charge in [-0.2, -0.15) is 4.98 Å². The Hall–Kier alpha value is -3.84. The van der Waals surface area contributed by atoms with Crippen molar-refractivity contribution in [2.45, 2.75) is 13.8 Å². The van der Waals surface area contributed by atoms with Crippen LogP contribution in [-0.4, -0.2) is 15.0 Å². The van der Waals surface area contributed by atoms with Gasteiger partial charge < -0.3 is 9.40 Å². The van der Waals surface area contributed by atoms with E-state index in [2.05, 4.69) is 68.2 Å². The van der Waals surface area contributed by atoms with Crippen LogP contribution in [0.3, 0.4) is 0 Å². The van der Waals surface area contributed by atoms with Crippen LogP contribution >= 0.6 is 15.9 Å². The summed E-state index contributed by atoms with van der Waals surface area (Å²) in [4.78, 5) is 12.8. The standard InChI is InChI=1S/C26H18BrN5O/c1-14-11-20-21(12-15(14)2)30-25-23(29-20)18-5-3-4-6-19(18)24(25)31-32-26-28-13-22(33-26)16-7-9-17(27)10-8-16/h3-13,30H,1-2H3. The van der Waals surface area contributed by atoms with Gasteiger partial charge >= 0.3 is 6.01 Å². The highest BCUT2D eigenvalue weighted by atomic mass is 79.9. The van der Waals surface area contributed by atoms with Crippen LogP contribution in [0.15, 0.2) is 86.0 Å². The largest absolute Gasteiger partial charge is 0.421 e. The highest BCUT2D eigenvalue weighted by Crippen LogP contribution is 2.44. The van der Waals surface area contributed by atoms with Gasteiger partial charge in [-0.15, -0.1) is 5.11 Å². The maximum atomic E-state index is 5.82. The van der Waals surface area contributed by atoms with E-state index in [1.165, 1.54) is 11.1 Å². The van der Waals surface area contributed by atoms with E-state index in [-0.39, 0.29) is 6.01 Å². The molecule has 2 aliphatic rings. The molecule has 0 atom stereocenters. The molecule has 0 radical (unpaired) electrons. The Morgan fingerprint density at radius 1 is 0.909 bits per heavy atom. The Morgan fingerprint density at radius 3 is 2.48 bits per heavy atom. The third kappa shape index (κ3) is 3.41. The molecule has 0 fully saturated rings. The maximum absolute atomic E-state index is 5.82. The number of fused-ring (bicyclic) bond motifs is 4. The van der Waals surface area contributed by atoms with Gasteiger partial charge in [0.1, 0.15) is 5.69 Å². The van der Waals surface area contributed by atoms with Gasteiger partial charge in [-0.25, -0.2) is 4.98 Å². The second-order valence-electron chi connectivity index (χ2n) is 8.02. The van der Waals surface area contributed by atoms with Crippen molar-refractivity contribution in [1.29, 1.82) is 0 Å². The minimum Gasteiger partial charge on any atom is -0.421 e. The van der Waals surface area contributed by atoms with E-state index in [4.69, 9.17) is 9.40 Å². The van der Waals surface area contributed by atoms with E-state index in [1.807, 2.05) is 42.5 Å². The van der Waals surface area contributed by atoms with Crippen LogP contribution in [0.4, 0.5) is 11.7 Å². The molecule has 6 nitrogen and oxygen atoms in total. The lowest BCUT2D eigenvalue weighted by Crippen LogP contribution is -1.92. The summed E-state index contributed by atoms with van der Waals surface area (Å²) in [6.45, 7) is 4.20. The molecule has 1 N–H and O–H groups in total. The van der Waals surface area contributed by atoms with Crippen molar-refractivity contribution in [2.75, 3.05) is 0 Å². The van der Waals surface area contributed by atoms with E-state index in [0.29, 0.717) is 5.76 Å². The van der Waals surface area contributed by atoms with Gasteiger partial charge in [0.15, 0.2) is 5.76 Å². The van der Waals surface area contributed by atoms with Crippen LogP contribution in [0, 0.1) is 13.8 Å². The van der Waals surface area contributed by atoms with Crippen LogP contribution in [0.1, 0.15) is 11.1 Å². The molecular formula is C26H18BrN5O. The zero-order chi connectivity index (χ0) is 22.5. The van der Waals surface area contributed by atoms with Gasteiger partial charge in [0.05, 0.1) is 28.6 Å². The van der Waals surface area contributed by atoms with E-state index < -0.39 is 0 Å². The SMILES string of the molecule is Cc1cc2nc3c4ccccc4c(N=Nc4ncc(-c5ccc(Br)cc5)o4)c-3[nH]c2cc1C. The Morgan fingerprint density at radius 2 is 1.67 bits per heavy atom. The Balaban J connectivity index is 1.47. The molecule has 33 heavy (non-hydrogen) atoms. The molecule has 3 aromatic carbocycles. The average molecular weight is 496 g/mol. The second kappa shape index (κ2) is 7.64. The lowest BCUT2D eigenvalue weighted by atomic mass is 10.1. The summed E-state index contributed by atoms with van der Waals surface area (Å²) in [6, 6.07) is 20.3. The Bertz CT molecular complexity index is 1650. The van der Waals surface area contributed by atoms with Gasteiger partial charge in [0.2, 0.25) is 0 Å². The predicted molar refractivity (Wildman–Crippen MR) is 134 cm³/mol. The van der Waals surface area contributed by atoms with Gasteiger partial charge in [-0.1, -0.05) is 57.4 Å². The molecule has 4 aromatic rings. The third-order valence-electron chi connectivity index (χ3n) is 5.87. The van der Waals surface area contributed by atoms with Crippen molar-refractivity contribution < 1.29 is 4.42 Å². The molecule has 0 amide bonds. The molecule has 0 spiro atoms. The van der Waals surface area contributed by atoms with E-state index in [9.17, 15) is 0 Å². The first kappa shape index (κ1) is 19.8. The summed E-state index contributed by atoms with van der Waals surface area (Å²) in [5.74, 6) is 0.638. The van der Waals surface area contributed by atoms with Gasteiger partial charge in [0, 0.05) is 20.8 Å². The first-order chi connectivity index (χ1) is 16.1. The molecule has 0 saturated carbocycles. The van der Waals surface area contributed by atoms with Crippen LogP contribution in [-0.2, 0) is 0 Å². The van der Waals surface area contributed by atoms with Crippen LogP contribution in [0.5, 0.6) is 0 Å². The monoisotopic (exact) mass is 495 g/mol. The van der Waals surface area contributed by atoms with Crippen molar-refractivity contribution >= 4 is 49.4 Å². The number of azo groups is 1. The topological polar surface area (TPSA) is 79.4 Å². The molecule has 1 aromatic heterocycles. The van der Waals surface area contributed by atoms with Crippen molar-refractivity contribution in [2.24, 2.45) is 10.2 Å². The summed E-state index contributed by atoms with van der Waals surface area (Å²) in [5.41, 5.74) is 7.67. The molecule has 0 unspecified atom stereocenters. The third-order valence-corrected chi connectivity index (χ3v) is 6.40. The number of hydrogen-bond donors (Lipinski definition) is 1. The van der Waals surface area contributed by atoms with Crippen LogP contribution < -0.4 is 0 Å². The number of nitrogens with zero attached hydrogens (tertiary/aromatic N) is 4. The molecule has 160 valence electrons. The number of rotatable bonds is 3. The second-order valence-corrected chi connectivity index (χ2v) is 8.94. The van der Waals surface area contributed by atoms with E-state index in [0.717, 1.165) is 48.9 Å². The van der Waals surface area contributed by atoms with Gasteiger partial charge in [0.25, 0.3) is 0 Å². The zero-order valence-electron chi connectivity index (χ0n) is 17.9. The molecule has 1 aliphatic carbocycles. The van der Waals surface area contributed by atoms with Crippen molar-refractivity contribution in [3.63, 3.8) is 0 Å². The van der Waals surface area contributed by atoms with Crippen LogP contribution in [0.25, 0.3) is 44.5 Å². The molecule has 0 saturated heterocycles. The van der Waals surface area contributed by atoms with Crippen molar-refractivity contribution in [3.8, 4) is 22.7 Å². The number of aromatic amines is 1. The van der Waals surface area contributed by atoms with Gasteiger partial charge in [-0.3, -0.25) is 0 Å². The lowest BCUT2D eigenvalue weighted by molar-refractivity contribution is 0.577. The molecule has 6 rings (SSSR count). The number of benzene rings is 3. The van der Waals surface area contributed by atoms with E-state index in [1.54, 1.807) is 6.20 Å². The van der Waals surface area contributed by atoms with Crippen LogP contribution in [0.2, 0.25) is 0 Å². The normalized spacial score (nSPS) is 12.0. The Kier molecular flexibility index (Phi) is 4.58. The summed E-state index contributed by atoms with van der Waals surface area (Å²) in [5, 5.41) is 10.9. The number of halogens is 1. The molecule has 2 heterocycles. The fourth-order valence-corrected chi connectivity index (χ4v) is 4.28. The fraction of sp³-hybridized carbons (Fsp3) is 0.0769. The highest BCUT2D eigenvalue weighted by Gasteiger charge is 2.21. The quantitative estimate of drug-likeness (QED) is 0.251. The predicted octanol–water partition coefficient (Wildman–Crippen LogP) is 8.27. The minimum atomic E-state index is 0.201. The van der Waals surface area contributed by atoms with E-state index >= 15 is 0 Å². The number of aromatic nitrogens is 3.